The first-order valence-electron chi connectivity index (χ1n) is 7.70. The van der Waals surface area contributed by atoms with Crippen LogP contribution in [0.2, 0.25) is 0 Å². The molecule has 2 nitrogen and oxygen atoms in total. The number of nitrogens with zero attached hydrogens (tertiary/aromatic N) is 1. The van der Waals surface area contributed by atoms with Crippen LogP contribution in [-0.4, -0.2) is 24.5 Å². The van der Waals surface area contributed by atoms with Crippen molar-refractivity contribution < 1.29 is 0 Å². The van der Waals surface area contributed by atoms with E-state index < -0.39 is 0 Å². The van der Waals surface area contributed by atoms with Gasteiger partial charge in [0.25, 0.3) is 0 Å². The molecule has 1 saturated heterocycles. The molecule has 0 bridgehead atoms. The van der Waals surface area contributed by atoms with Crippen LogP contribution in [0.15, 0.2) is 24.3 Å². The number of benzene rings is 1. The summed E-state index contributed by atoms with van der Waals surface area (Å²) in [4.78, 5) is 2.61. The molecule has 0 radical (unpaired) electrons. The second kappa shape index (κ2) is 7.06. The Kier molecular flexibility index (Phi) is 5.41. The normalized spacial score (nSPS) is 23.9. The zero-order chi connectivity index (χ0) is 13.7. The summed E-state index contributed by atoms with van der Waals surface area (Å²) >= 11 is 0. The molecule has 1 fully saturated rings. The monoisotopic (exact) mass is 260 g/mol. The molecule has 2 heteroatoms. The molecule has 0 saturated carbocycles. The van der Waals surface area contributed by atoms with E-state index in [1.165, 1.54) is 30.6 Å². The standard InChI is InChI=1S/C17H28N2/c1-4-9-18-10-16-7-5-6-8-17(16)13-19-11-14(2)15(3)12-19/h5-8,14-15,18H,4,9-13H2,1-3H3. The zero-order valence-corrected chi connectivity index (χ0v) is 12.7. The maximum Gasteiger partial charge on any atom is 0.0237 e. The molecule has 1 aliphatic rings. The van der Waals surface area contributed by atoms with Crippen molar-refractivity contribution in [2.45, 2.75) is 40.3 Å². The van der Waals surface area contributed by atoms with E-state index in [0.717, 1.165) is 31.5 Å². The summed E-state index contributed by atoms with van der Waals surface area (Å²) in [6, 6.07) is 8.88. The fraction of sp³-hybridized carbons (Fsp3) is 0.647. The lowest BCUT2D eigenvalue weighted by Crippen LogP contribution is -2.22. The number of hydrogen-bond acceptors (Lipinski definition) is 2. The lowest BCUT2D eigenvalue weighted by Gasteiger charge is -2.18. The largest absolute Gasteiger partial charge is 0.313 e. The summed E-state index contributed by atoms with van der Waals surface area (Å²) in [5.41, 5.74) is 2.95. The molecule has 2 unspecified atom stereocenters. The van der Waals surface area contributed by atoms with E-state index in [2.05, 4.69) is 55.3 Å². The summed E-state index contributed by atoms with van der Waals surface area (Å²) in [5.74, 6) is 1.68. The Morgan fingerprint density at radius 2 is 1.74 bits per heavy atom. The molecule has 1 heterocycles. The Hall–Kier alpha value is -0.860. The van der Waals surface area contributed by atoms with Crippen LogP contribution < -0.4 is 5.32 Å². The maximum atomic E-state index is 3.52. The predicted octanol–water partition coefficient (Wildman–Crippen LogP) is 3.27. The highest BCUT2D eigenvalue weighted by Gasteiger charge is 2.26. The van der Waals surface area contributed by atoms with Gasteiger partial charge < -0.3 is 5.32 Å². The molecule has 1 aromatic rings. The van der Waals surface area contributed by atoms with Gasteiger partial charge in [0.15, 0.2) is 0 Å². The highest BCUT2D eigenvalue weighted by Crippen LogP contribution is 2.24. The minimum atomic E-state index is 0.838. The van der Waals surface area contributed by atoms with Crippen molar-refractivity contribution in [2.75, 3.05) is 19.6 Å². The summed E-state index contributed by atoms with van der Waals surface area (Å²) < 4.78 is 0. The quantitative estimate of drug-likeness (QED) is 0.790. The predicted molar refractivity (Wildman–Crippen MR) is 82.0 cm³/mol. The first kappa shape index (κ1) is 14.5. The van der Waals surface area contributed by atoms with Gasteiger partial charge in [-0.05, 0) is 35.9 Å². The van der Waals surface area contributed by atoms with Crippen LogP contribution in [0.3, 0.4) is 0 Å². The van der Waals surface area contributed by atoms with Crippen molar-refractivity contribution in [3.05, 3.63) is 35.4 Å². The smallest absolute Gasteiger partial charge is 0.0237 e. The van der Waals surface area contributed by atoms with Gasteiger partial charge in [-0.1, -0.05) is 45.0 Å². The molecule has 2 atom stereocenters. The minimum absolute atomic E-state index is 0.838. The van der Waals surface area contributed by atoms with Crippen LogP contribution in [0.5, 0.6) is 0 Å². The Labute approximate surface area is 118 Å². The Bertz CT molecular complexity index is 379. The minimum Gasteiger partial charge on any atom is -0.313 e. The van der Waals surface area contributed by atoms with E-state index in [1.54, 1.807) is 0 Å². The van der Waals surface area contributed by atoms with E-state index in [-0.39, 0.29) is 0 Å². The molecule has 106 valence electrons. The molecule has 0 aliphatic carbocycles. The third kappa shape index (κ3) is 4.05. The molecule has 1 aromatic carbocycles. The topological polar surface area (TPSA) is 15.3 Å². The van der Waals surface area contributed by atoms with E-state index in [9.17, 15) is 0 Å². The molecular formula is C17H28N2. The van der Waals surface area contributed by atoms with Crippen LogP contribution in [0, 0.1) is 11.8 Å². The third-order valence-corrected chi connectivity index (χ3v) is 4.32. The fourth-order valence-electron chi connectivity index (χ4n) is 2.90. The van der Waals surface area contributed by atoms with Gasteiger partial charge in [-0.15, -0.1) is 0 Å². The average Bonchev–Trinajstić information content (AvgIpc) is 2.71. The first-order chi connectivity index (χ1) is 9.20. The van der Waals surface area contributed by atoms with Gasteiger partial charge in [-0.2, -0.15) is 0 Å². The van der Waals surface area contributed by atoms with Crippen molar-refractivity contribution in [3.63, 3.8) is 0 Å². The third-order valence-electron chi connectivity index (χ3n) is 4.32. The maximum absolute atomic E-state index is 3.52. The van der Waals surface area contributed by atoms with Crippen LogP contribution in [0.25, 0.3) is 0 Å². The van der Waals surface area contributed by atoms with E-state index >= 15 is 0 Å². The molecule has 0 amide bonds. The van der Waals surface area contributed by atoms with Crippen LogP contribution >= 0.6 is 0 Å². The fourth-order valence-corrected chi connectivity index (χ4v) is 2.90. The molecule has 0 spiro atoms. The van der Waals surface area contributed by atoms with E-state index in [4.69, 9.17) is 0 Å². The molecular weight excluding hydrogens is 232 g/mol. The van der Waals surface area contributed by atoms with Crippen LogP contribution in [0.4, 0.5) is 0 Å². The molecule has 19 heavy (non-hydrogen) atoms. The number of likely N-dealkylation sites (tertiary alicyclic amines) is 1. The summed E-state index contributed by atoms with van der Waals surface area (Å²) in [6.07, 6.45) is 1.20. The lowest BCUT2D eigenvalue weighted by molar-refractivity contribution is 0.315. The molecule has 0 aromatic heterocycles. The molecule has 1 N–H and O–H groups in total. The SMILES string of the molecule is CCCNCc1ccccc1CN1CC(C)C(C)C1. The van der Waals surface area contributed by atoms with Crippen LogP contribution in [-0.2, 0) is 13.1 Å². The lowest BCUT2D eigenvalue weighted by atomic mass is 10.0. The number of rotatable bonds is 6. The van der Waals surface area contributed by atoms with Gasteiger partial charge in [-0.25, -0.2) is 0 Å². The Morgan fingerprint density at radius 1 is 1.11 bits per heavy atom. The van der Waals surface area contributed by atoms with Gasteiger partial charge in [0.1, 0.15) is 0 Å². The van der Waals surface area contributed by atoms with E-state index in [0.29, 0.717) is 0 Å². The molecule has 1 aliphatic heterocycles. The average molecular weight is 260 g/mol. The first-order valence-corrected chi connectivity index (χ1v) is 7.70. The van der Waals surface area contributed by atoms with Gasteiger partial charge in [-0.3, -0.25) is 4.90 Å². The van der Waals surface area contributed by atoms with E-state index in [1.807, 2.05) is 0 Å². The van der Waals surface area contributed by atoms with Crippen molar-refractivity contribution in [3.8, 4) is 0 Å². The van der Waals surface area contributed by atoms with Gasteiger partial charge in [0, 0.05) is 26.2 Å². The van der Waals surface area contributed by atoms with Crippen molar-refractivity contribution in [2.24, 2.45) is 11.8 Å². The van der Waals surface area contributed by atoms with Gasteiger partial charge in [0.2, 0.25) is 0 Å². The van der Waals surface area contributed by atoms with Crippen molar-refractivity contribution in [1.29, 1.82) is 0 Å². The van der Waals surface area contributed by atoms with Crippen LogP contribution in [0.1, 0.15) is 38.3 Å². The Morgan fingerprint density at radius 3 is 2.37 bits per heavy atom. The summed E-state index contributed by atoms with van der Waals surface area (Å²) in [5, 5.41) is 3.52. The highest BCUT2D eigenvalue weighted by atomic mass is 15.1. The second-order valence-electron chi connectivity index (χ2n) is 6.09. The summed E-state index contributed by atoms with van der Waals surface area (Å²) in [6.45, 7) is 12.7. The second-order valence-corrected chi connectivity index (χ2v) is 6.09. The number of hydrogen-bond donors (Lipinski definition) is 1. The zero-order valence-electron chi connectivity index (χ0n) is 12.7. The van der Waals surface area contributed by atoms with Gasteiger partial charge in [0.05, 0.1) is 0 Å². The summed E-state index contributed by atoms with van der Waals surface area (Å²) in [7, 11) is 0. The Balaban J connectivity index is 1.96. The van der Waals surface area contributed by atoms with Crippen molar-refractivity contribution >= 4 is 0 Å². The van der Waals surface area contributed by atoms with Crippen molar-refractivity contribution in [1.82, 2.24) is 10.2 Å². The van der Waals surface area contributed by atoms with Gasteiger partial charge >= 0.3 is 0 Å². The number of nitrogens with one attached hydrogen (secondary N) is 1. The highest BCUT2D eigenvalue weighted by molar-refractivity contribution is 5.27. The molecule has 2 rings (SSSR count).